The molecule has 4 nitrogen and oxygen atoms in total. The standard InChI is InChI=1S/C12H16BrNO3/c1-2-9(7-15)14-12(16)10-5-3-4-6-11(10)17-8-13/h3-6,9,15H,2,7-8H2,1H3,(H,14,16). The zero-order valence-corrected chi connectivity index (χ0v) is 11.2. The quantitative estimate of drug-likeness (QED) is 0.789. The molecular formula is C12H16BrNO3. The number of rotatable bonds is 6. The van der Waals surface area contributed by atoms with Crippen LogP contribution in [0.15, 0.2) is 24.3 Å². The molecular weight excluding hydrogens is 286 g/mol. The van der Waals surface area contributed by atoms with Gasteiger partial charge in [-0.1, -0.05) is 19.1 Å². The fourth-order valence-corrected chi connectivity index (χ4v) is 1.63. The molecule has 1 atom stereocenters. The normalized spacial score (nSPS) is 11.9. The number of carbonyl (C=O) groups is 1. The van der Waals surface area contributed by atoms with Crippen molar-refractivity contribution in [1.82, 2.24) is 5.32 Å². The van der Waals surface area contributed by atoms with E-state index in [2.05, 4.69) is 21.2 Å². The highest BCUT2D eigenvalue weighted by atomic mass is 79.9. The Morgan fingerprint density at radius 1 is 1.53 bits per heavy atom. The van der Waals surface area contributed by atoms with Crippen LogP contribution >= 0.6 is 15.9 Å². The number of ether oxygens (including phenoxy) is 1. The fraction of sp³-hybridized carbons (Fsp3) is 0.417. The van der Waals surface area contributed by atoms with Gasteiger partial charge in [0, 0.05) is 0 Å². The first-order valence-electron chi connectivity index (χ1n) is 5.42. The number of carbonyl (C=O) groups excluding carboxylic acids is 1. The van der Waals surface area contributed by atoms with Crippen LogP contribution < -0.4 is 10.1 Å². The van der Waals surface area contributed by atoms with Crippen LogP contribution in [0.5, 0.6) is 5.75 Å². The molecule has 0 aliphatic heterocycles. The van der Waals surface area contributed by atoms with Crippen molar-refractivity contribution in [2.24, 2.45) is 0 Å². The van der Waals surface area contributed by atoms with E-state index in [9.17, 15) is 4.79 Å². The summed E-state index contributed by atoms with van der Waals surface area (Å²) in [5.74, 6) is 0.289. The Labute approximate surface area is 109 Å². The van der Waals surface area contributed by atoms with Gasteiger partial charge in [0.1, 0.15) is 11.3 Å². The summed E-state index contributed by atoms with van der Waals surface area (Å²) in [4.78, 5) is 12.0. The second kappa shape index (κ2) is 7.29. The minimum atomic E-state index is -0.234. The Hall–Kier alpha value is -1.07. The van der Waals surface area contributed by atoms with Crippen molar-refractivity contribution in [2.45, 2.75) is 19.4 Å². The van der Waals surface area contributed by atoms with E-state index in [1.807, 2.05) is 6.92 Å². The number of para-hydroxylation sites is 1. The molecule has 0 saturated heterocycles. The minimum Gasteiger partial charge on any atom is -0.482 e. The van der Waals surface area contributed by atoms with Crippen LogP contribution in [0.2, 0.25) is 0 Å². The molecule has 0 bridgehead atoms. The number of benzene rings is 1. The van der Waals surface area contributed by atoms with E-state index >= 15 is 0 Å². The highest BCUT2D eigenvalue weighted by molar-refractivity contribution is 9.09. The summed E-state index contributed by atoms with van der Waals surface area (Å²) in [7, 11) is 0. The SMILES string of the molecule is CCC(CO)NC(=O)c1ccccc1OCBr. The van der Waals surface area contributed by atoms with Gasteiger partial charge in [-0.25, -0.2) is 0 Å². The molecule has 17 heavy (non-hydrogen) atoms. The van der Waals surface area contributed by atoms with E-state index in [-0.39, 0.29) is 18.6 Å². The molecule has 2 N–H and O–H groups in total. The molecule has 94 valence electrons. The molecule has 0 saturated carbocycles. The summed E-state index contributed by atoms with van der Waals surface area (Å²) in [6, 6.07) is 6.78. The van der Waals surface area contributed by atoms with Gasteiger partial charge in [-0.05, 0) is 34.5 Å². The number of amides is 1. The first kappa shape index (κ1) is 14.0. The number of aliphatic hydroxyl groups excluding tert-OH is 1. The van der Waals surface area contributed by atoms with E-state index in [0.29, 0.717) is 23.2 Å². The number of halogens is 1. The summed E-state index contributed by atoms with van der Waals surface area (Å²) < 4.78 is 5.30. The Balaban J connectivity index is 2.80. The zero-order chi connectivity index (χ0) is 12.7. The van der Waals surface area contributed by atoms with Gasteiger partial charge in [0.2, 0.25) is 0 Å². The summed E-state index contributed by atoms with van der Waals surface area (Å²) in [5.41, 5.74) is 0.799. The van der Waals surface area contributed by atoms with Crippen LogP contribution in [-0.2, 0) is 0 Å². The van der Waals surface area contributed by atoms with E-state index < -0.39 is 0 Å². The smallest absolute Gasteiger partial charge is 0.255 e. The first-order valence-corrected chi connectivity index (χ1v) is 6.54. The van der Waals surface area contributed by atoms with Crippen LogP contribution in [0.3, 0.4) is 0 Å². The maximum absolute atomic E-state index is 12.0. The van der Waals surface area contributed by atoms with Gasteiger partial charge in [-0.15, -0.1) is 0 Å². The number of alkyl halides is 1. The number of hydrogen-bond acceptors (Lipinski definition) is 3. The van der Waals surface area contributed by atoms with Crippen LogP contribution in [-0.4, -0.2) is 29.2 Å². The van der Waals surface area contributed by atoms with Crippen molar-refractivity contribution in [2.75, 3.05) is 12.1 Å². The van der Waals surface area contributed by atoms with Crippen molar-refractivity contribution >= 4 is 21.8 Å². The van der Waals surface area contributed by atoms with Crippen LogP contribution in [0.1, 0.15) is 23.7 Å². The highest BCUT2D eigenvalue weighted by Gasteiger charge is 2.15. The fourth-order valence-electron chi connectivity index (χ4n) is 1.38. The largest absolute Gasteiger partial charge is 0.482 e. The highest BCUT2D eigenvalue weighted by Crippen LogP contribution is 2.18. The van der Waals surface area contributed by atoms with Crippen LogP contribution in [0, 0.1) is 0 Å². The van der Waals surface area contributed by atoms with Gasteiger partial charge >= 0.3 is 0 Å². The first-order chi connectivity index (χ1) is 8.22. The van der Waals surface area contributed by atoms with Crippen LogP contribution in [0.4, 0.5) is 0 Å². The average Bonchev–Trinajstić information content (AvgIpc) is 2.36. The second-order valence-electron chi connectivity index (χ2n) is 3.51. The Morgan fingerprint density at radius 3 is 2.82 bits per heavy atom. The molecule has 5 heteroatoms. The zero-order valence-electron chi connectivity index (χ0n) is 9.65. The van der Waals surface area contributed by atoms with Gasteiger partial charge in [0.25, 0.3) is 5.91 Å². The van der Waals surface area contributed by atoms with Crippen molar-refractivity contribution < 1.29 is 14.6 Å². The summed E-state index contributed by atoms with van der Waals surface area (Å²) in [6.07, 6.45) is 0.684. The van der Waals surface area contributed by atoms with Gasteiger partial charge in [-0.2, -0.15) is 0 Å². The van der Waals surface area contributed by atoms with Crippen LogP contribution in [0.25, 0.3) is 0 Å². The van der Waals surface area contributed by atoms with Gasteiger partial charge in [0.05, 0.1) is 18.2 Å². The average molecular weight is 302 g/mol. The van der Waals surface area contributed by atoms with E-state index in [1.165, 1.54) is 0 Å². The van der Waals surface area contributed by atoms with Gasteiger partial charge < -0.3 is 15.2 Å². The lowest BCUT2D eigenvalue weighted by molar-refractivity contribution is 0.0911. The third-order valence-electron chi connectivity index (χ3n) is 2.39. The Bertz CT molecular complexity index is 367. The number of aliphatic hydroxyl groups is 1. The third kappa shape index (κ3) is 4.02. The number of nitrogens with one attached hydrogen (secondary N) is 1. The predicted octanol–water partition coefficient (Wildman–Crippen LogP) is 1.92. The van der Waals surface area contributed by atoms with Crippen molar-refractivity contribution in [3.63, 3.8) is 0 Å². The lowest BCUT2D eigenvalue weighted by Crippen LogP contribution is -2.37. The van der Waals surface area contributed by atoms with Gasteiger partial charge in [-0.3, -0.25) is 4.79 Å². The molecule has 1 amide bonds. The maximum atomic E-state index is 12.0. The van der Waals surface area contributed by atoms with Crippen molar-refractivity contribution in [3.8, 4) is 5.75 Å². The van der Waals surface area contributed by atoms with E-state index in [1.54, 1.807) is 24.3 Å². The van der Waals surface area contributed by atoms with E-state index in [0.717, 1.165) is 0 Å². The molecule has 1 aromatic carbocycles. The lowest BCUT2D eigenvalue weighted by Gasteiger charge is -2.15. The summed E-state index contributed by atoms with van der Waals surface area (Å²) in [6.45, 7) is 1.84. The van der Waals surface area contributed by atoms with Gasteiger partial charge in [0.15, 0.2) is 0 Å². The predicted molar refractivity (Wildman–Crippen MR) is 69.5 cm³/mol. The monoisotopic (exact) mass is 301 g/mol. The molecule has 0 aliphatic rings. The Kier molecular flexibility index (Phi) is 6.00. The lowest BCUT2D eigenvalue weighted by atomic mass is 10.1. The van der Waals surface area contributed by atoms with Crippen molar-refractivity contribution in [3.05, 3.63) is 29.8 Å². The second-order valence-corrected chi connectivity index (χ2v) is 3.97. The molecule has 0 radical (unpaired) electrons. The molecule has 1 aromatic rings. The molecule has 1 unspecified atom stereocenters. The number of hydrogen-bond donors (Lipinski definition) is 2. The molecule has 0 heterocycles. The van der Waals surface area contributed by atoms with Crippen molar-refractivity contribution in [1.29, 1.82) is 0 Å². The van der Waals surface area contributed by atoms with E-state index in [4.69, 9.17) is 9.84 Å². The third-order valence-corrected chi connectivity index (χ3v) is 2.62. The summed E-state index contributed by atoms with van der Waals surface area (Å²) >= 11 is 3.15. The molecule has 0 fully saturated rings. The molecule has 0 spiro atoms. The Morgan fingerprint density at radius 2 is 2.24 bits per heavy atom. The molecule has 0 aromatic heterocycles. The molecule has 1 rings (SSSR count). The topological polar surface area (TPSA) is 58.6 Å². The molecule has 0 aliphatic carbocycles. The maximum Gasteiger partial charge on any atom is 0.255 e. The minimum absolute atomic E-state index is 0.0658. The summed E-state index contributed by atoms with van der Waals surface area (Å²) in [5, 5.41) is 11.8.